The van der Waals surface area contributed by atoms with E-state index in [0.29, 0.717) is 29.3 Å². The Kier molecular flexibility index (Phi) is 5.75. The molecule has 1 aromatic carbocycles. The predicted octanol–water partition coefficient (Wildman–Crippen LogP) is 4.44. The summed E-state index contributed by atoms with van der Waals surface area (Å²) in [7, 11) is 1.65. The fourth-order valence-corrected chi connectivity index (χ4v) is 3.86. The number of rotatable bonds is 5. The van der Waals surface area contributed by atoms with Gasteiger partial charge in [0.15, 0.2) is 11.5 Å². The smallest absolute Gasteiger partial charge is 0.287 e. The molecule has 0 unspecified atom stereocenters. The van der Waals surface area contributed by atoms with Gasteiger partial charge in [-0.2, -0.15) is 0 Å². The van der Waals surface area contributed by atoms with Crippen molar-refractivity contribution >= 4 is 21.8 Å². The van der Waals surface area contributed by atoms with Crippen LogP contribution < -0.4 is 14.8 Å². The van der Waals surface area contributed by atoms with Gasteiger partial charge in [-0.25, -0.2) is 4.98 Å². The van der Waals surface area contributed by atoms with Crippen molar-refractivity contribution in [2.75, 3.05) is 13.7 Å². The third-order valence-corrected chi connectivity index (χ3v) is 5.07. The lowest BCUT2D eigenvalue weighted by Gasteiger charge is -2.24. The van der Waals surface area contributed by atoms with Gasteiger partial charge in [-0.15, -0.1) is 0 Å². The van der Waals surface area contributed by atoms with Crippen LogP contribution in [0.5, 0.6) is 11.5 Å². The molecule has 6 nitrogen and oxygen atoms in total. The molecule has 0 bridgehead atoms. The minimum absolute atomic E-state index is 0.0104. The van der Waals surface area contributed by atoms with E-state index >= 15 is 0 Å². The highest BCUT2D eigenvalue weighted by Gasteiger charge is 2.28. The standard InChI is InChI=1S/C21H28BrN3O3/c1-12(2)28-16-10-14-13(9-15(16)27-6)7-8-25-17(14)18(22)24-19(25)20(26)23-11-21(3,4)5/h9-10,12H,7-8,11H2,1-6H3,(H,23,26). The number of imidazole rings is 1. The fourth-order valence-electron chi connectivity index (χ4n) is 3.26. The SMILES string of the molecule is COc1cc2c(cc1OC(C)C)-c1c(Br)nc(C(=O)NCC(C)(C)C)n1CC2. The number of nitrogens with zero attached hydrogens (tertiary/aromatic N) is 2. The molecule has 1 N–H and O–H groups in total. The second-order valence-corrected chi connectivity index (χ2v) is 9.30. The van der Waals surface area contributed by atoms with Crippen LogP contribution in [-0.2, 0) is 13.0 Å². The first-order valence-electron chi connectivity index (χ1n) is 9.53. The van der Waals surface area contributed by atoms with E-state index in [9.17, 15) is 4.79 Å². The van der Waals surface area contributed by atoms with E-state index in [1.54, 1.807) is 7.11 Å². The van der Waals surface area contributed by atoms with Gasteiger partial charge in [-0.05, 0) is 59.3 Å². The summed E-state index contributed by atoms with van der Waals surface area (Å²) in [6.45, 7) is 11.5. The van der Waals surface area contributed by atoms with Crippen LogP contribution in [0.3, 0.4) is 0 Å². The van der Waals surface area contributed by atoms with Crippen molar-refractivity contribution in [3.05, 3.63) is 28.1 Å². The number of carbonyl (C=O) groups excluding carboxylic acids is 1. The van der Waals surface area contributed by atoms with Crippen molar-refractivity contribution in [3.63, 3.8) is 0 Å². The number of halogens is 1. The summed E-state index contributed by atoms with van der Waals surface area (Å²) in [6.07, 6.45) is 0.825. The number of benzene rings is 1. The second kappa shape index (κ2) is 7.78. The van der Waals surface area contributed by atoms with E-state index in [0.717, 1.165) is 29.0 Å². The zero-order valence-corrected chi connectivity index (χ0v) is 18.9. The van der Waals surface area contributed by atoms with E-state index in [1.165, 1.54) is 0 Å². The van der Waals surface area contributed by atoms with E-state index in [-0.39, 0.29) is 17.4 Å². The Bertz CT molecular complexity index is 897. The summed E-state index contributed by atoms with van der Waals surface area (Å²) in [6, 6.07) is 4.01. The summed E-state index contributed by atoms with van der Waals surface area (Å²) in [5, 5.41) is 2.99. The number of carbonyl (C=O) groups is 1. The van der Waals surface area contributed by atoms with Gasteiger partial charge >= 0.3 is 0 Å². The van der Waals surface area contributed by atoms with Gasteiger partial charge < -0.3 is 19.4 Å². The number of ether oxygens (including phenoxy) is 2. The average molecular weight is 450 g/mol. The summed E-state index contributed by atoms with van der Waals surface area (Å²) >= 11 is 3.56. The summed E-state index contributed by atoms with van der Waals surface area (Å²) in [4.78, 5) is 17.3. The van der Waals surface area contributed by atoms with Gasteiger partial charge in [0.25, 0.3) is 5.91 Å². The van der Waals surface area contributed by atoms with E-state index < -0.39 is 0 Å². The van der Waals surface area contributed by atoms with Crippen LogP contribution in [0.1, 0.15) is 50.8 Å². The molecular formula is C21H28BrN3O3. The van der Waals surface area contributed by atoms with Gasteiger partial charge in [0.1, 0.15) is 4.60 Å². The van der Waals surface area contributed by atoms with Crippen LogP contribution in [0.2, 0.25) is 0 Å². The normalized spacial score (nSPS) is 13.1. The van der Waals surface area contributed by atoms with E-state index in [2.05, 4.69) is 47.0 Å². The zero-order chi connectivity index (χ0) is 20.6. The Morgan fingerprint density at radius 2 is 2.04 bits per heavy atom. The molecular weight excluding hydrogens is 422 g/mol. The molecule has 1 amide bonds. The number of nitrogens with one attached hydrogen (secondary N) is 1. The second-order valence-electron chi connectivity index (χ2n) is 8.55. The zero-order valence-electron chi connectivity index (χ0n) is 17.4. The van der Waals surface area contributed by atoms with Crippen molar-refractivity contribution in [3.8, 4) is 22.8 Å². The van der Waals surface area contributed by atoms with Crippen LogP contribution in [0.4, 0.5) is 0 Å². The van der Waals surface area contributed by atoms with Crippen LogP contribution >= 0.6 is 15.9 Å². The molecule has 7 heteroatoms. The van der Waals surface area contributed by atoms with Gasteiger partial charge in [0.2, 0.25) is 5.82 Å². The summed E-state index contributed by atoms with van der Waals surface area (Å²) < 4.78 is 14.1. The molecule has 2 heterocycles. The molecule has 0 spiro atoms. The fraction of sp³-hybridized carbons (Fsp3) is 0.524. The maximum atomic E-state index is 12.7. The van der Waals surface area contributed by atoms with Crippen molar-refractivity contribution in [1.82, 2.24) is 14.9 Å². The van der Waals surface area contributed by atoms with Gasteiger partial charge in [0.05, 0.1) is 18.9 Å². The highest BCUT2D eigenvalue weighted by atomic mass is 79.9. The first kappa shape index (κ1) is 20.7. The lowest BCUT2D eigenvalue weighted by atomic mass is 9.97. The van der Waals surface area contributed by atoms with Crippen LogP contribution in [-0.4, -0.2) is 35.2 Å². The number of hydrogen-bond donors (Lipinski definition) is 1. The molecule has 28 heavy (non-hydrogen) atoms. The molecule has 0 atom stereocenters. The van der Waals surface area contributed by atoms with Gasteiger partial charge in [-0.3, -0.25) is 4.79 Å². The highest BCUT2D eigenvalue weighted by Crippen LogP contribution is 2.42. The summed E-state index contributed by atoms with van der Waals surface area (Å²) in [5.41, 5.74) is 3.08. The molecule has 1 aromatic heterocycles. The monoisotopic (exact) mass is 449 g/mol. The topological polar surface area (TPSA) is 65.4 Å². The molecule has 0 saturated heterocycles. The Morgan fingerprint density at radius 3 is 2.64 bits per heavy atom. The first-order valence-corrected chi connectivity index (χ1v) is 10.3. The maximum absolute atomic E-state index is 12.7. The molecule has 3 rings (SSSR count). The third kappa shape index (κ3) is 4.19. The van der Waals surface area contributed by atoms with Crippen LogP contribution in [0.25, 0.3) is 11.3 Å². The molecule has 0 fully saturated rings. The maximum Gasteiger partial charge on any atom is 0.287 e. The molecule has 1 aliphatic rings. The highest BCUT2D eigenvalue weighted by molar-refractivity contribution is 9.10. The molecule has 0 aliphatic carbocycles. The number of fused-ring (bicyclic) bond motifs is 3. The minimum Gasteiger partial charge on any atom is -0.493 e. The Balaban J connectivity index is 2.02. The Labute approximate surface area is 174 Å². The van der Waals surface area contributed by atoms with Crippen LogP contribution in [0.15, 0.2) is 16.7 Å². The van der Waals surface area contributed by atoms with Gasteiger partial charge in [-0.1, -0.05) is 20.8 Å². The first-order chi connectivity index (χ1) is 13.1. The minimum atomic E-state index is -0.155. The molecule has 2 aromatic rings. The van der Waals surface area contributed by atoms with Crippen molar-refractivity contribution in [1.29, 1.82) is 0 Å². The van der Waals surface area contributed by atoms with Crippen molar-refractivity contribution < 1.29 is 14.3 Å². The average Bonchev–Trinajstić information content (AvgIpc) is 2.95. The molecule has 152 valence electrons. The molecule has 1 aliphatic heterocycles. The van der Waals surface area contributed by atoms with E-state index in [1.807, 2.05) is 30.5 Å². The largest absolute Gasteiger partial charge is 0.493 e. The lowest BCUT2D eigenvalue weighted by molar-refractivity contribution is 0.0924. The molecule has 0 radical (unpaired) electrons. The van der Waals surface area contributed by atoms with E-state index in [4.69, 9.17) is 9.47 Å². The quantitative estimate of drug-likeness (QED) is 0.732. The number of hydrogen-bond acceptors (Lipinski definition) is 4. The van der Waals surface area contributed by atoms with Crippen LogP contribution in [0, 0.1) is 5.41 Å². The predicted molar refractivity (Wildman–Crippen MR) is 113 cm³/mol. The molecule has 0 saturated carbocycles. The summed E-state index contributed by atoms with van der Waals surface area (Å²) in [5.74, 6) is 1.69. The van der Waals surface area contributed by atoms with Gasteiger partial charge in [0, 0.05) is 18.7 Å². The van der Waals surface area contributed by atoms with Crippen molar-refractivity contribution in [2.45, 2.75) is 53.7 Å². The Hall–Kier alpha value is -2.02. The van der Waals surface area contributed by atoms with Crippen molar-refractivity contribution in [2.24, 2.45) is 5.41 Å². The number of methoxy groups -OCH3 is 1. The number of aryl methyl sites for hydroxylation is 1. The lowest BCUT2D eigenvalue weighted by Crippen LogP contribution is -2.34. The number of aromatic nitrogens is 2. The third-order valence-electron chi connectivity index (χ3n) is 4.52. The Morgan fingerprint density at radius 1 is 1.32 bits per heavy atom. The number of amides is 1.